The molecule has 1 aromatic carbocycles. The van der Waals surface area contributed by atoms with E-state index in [2.05, 4.69) is 30.9 Å². The number of alkyl halides is 3. The molecule has 35 heavy (non-hydrogen) atoms. The molecular weight excluding hydrogens is 485 g/mol. The number of aryl methyl sites for hydroxylation is 1. The summed E-state index contributed by atoms with van der Waals surface area (Å²) in [4.78, 5) is 24.5. The standard InChI is InChI=1S/C22H25F3N6O3S/c1-11-18(20-30-13-4-2-3-5-16(13)35-20)19(31-21(28-11)27-10-22(23,24)25)29-14-6-12(7-15(14)33)8-26-17(34)9-32/h2-5,12,14-15,32-33H,6-10H2,1H3,(H,26,34)(H2,27,28,29,31). The summed E-state index contributed by atoms with van der Waals surface area (Å²) in [5.74, 6) is -0.466. The van der Waals surface area contributed by atoms with E-state index in [0.29, 0.717) is 35.7 Å². The number of benzene rings is 1. The van der Waals surface area contributed by atoms with Crippen LogP contribution in [0.2, 0.25) is 0 Å². The summed E-state index contributed by atoms with van der Waals surface area (Å²) < 4.78 is 39.2. The molecule has 1 amide bonds. The molecule has 4 rings (SSSR count). The number of hydrogen-bond acceptors (Lipinski definition) is 9. The van der Waals surface area contributed by atoms with Crippen molar-refractivity contribution >= 4 is 39.2 Å². The van der Waals surface area contributed by atoms with Crippen LogP contribution < -0.4 is 16.0 Å². The first-order valence-electron chi connectivity index (χ1n) is 11.0. The van der Waals surface area contributed by atoms with Gasteiger partial charge in [0.05, 0.1) is 33.6 Å². The summed E-state index contributed by atoms with van der Waals surface area (Å²) in [6.07, 6.45) is -4.32. The topological polar surface area (TPSA) is 132 Å². The molecule has 3 unspecified atom stereocenters. The van der Waals surface area contributed by atoms with Crippen molar-refractivity contribution in [2.75, 3.05) is 30.3 Å². The zero-order valence-corrected chi connectivity index (χ0v) is 19.6. The number of rotatable bonds is 8. The van der Waals surface area contributed by atoms with E-state index in [0.717, 1.165) is 10.2 Å². The highest BCUT2D eigenvalue weighted by atomic mass is 32.1. The lowest BCUT2D eigenvalue weighted by atomic mass is 10.1. The van der Waals surface area contributed by atoms with Crippen molar-refractivity contribution in [1.29, 1.82) is 0 Å². The van der Waals surface area contributed by atoms with E-state index < -0.39 is 37.4 Å². The summed E-state index contributed by atoms with van der Waals surface area (Å²) >= 11 is 1.41. The van der Waals surface area contributed by atoms with Crippen LogP contribution in [0.25, 0.3) is 20.8 Å². The number of aromatic nitrogens is 3. The first-order chi connectivity index (χ1) is 16.6. The Balaban J connectivity index is 1.63. The highest BCUT2D eigenvalue weighted by Crippen LogP contribution is 2.38. The van der Waals surface area contributed by atoms with Gasteiger partial charge in [-0.2, -0.15) is 18.2 Å². The van der Waals surface area contributed by atoms with Crippen LogP contribution in [0.1, 0.15) is 18.5 Å². The molecule has 0 spiro atoms. The molecule has 0 saturated heterocycles. The number of aliphatic hydroxyl groups excluding tert-OH is 2. The number of nitrogens with zero attached hydrogens (tertiary/aromatic N) is 3. The van der Waals surface area contributed by atoms with Gasteiger partial charge in [-0.15, -0.1) is 11.3 Å². The van der Waals surface area contributed by atoms with E-state index in [1.165, 1.54) is 11.3 Å². The minimum atomic E-state index is -4.44. The van der Waals surface area contributed by atoms with Crippen LogP contribution in [0.15, 0.2) is 24.3 Å². The Kier molecular flexibility index (Phi) is 7.38. The Morgan fingerprint density at radius 3 is 2.69 bits per heavy atom. The first kappa shape index (κ1) is 25.1. The molecule has 1 saturated carbocycles. The van der Waals surface area contributed by atoms with Crippen LogP contribution in [0.5, 0.6) is 0 Å². The van der Waals surface area contributed by atoms with Crippen molar-refractivity contribution in [1.82, 2.24) is 20.3 Å². The summed E-state index contributed by atoms with van der Waals surface area (Å²) in [7, 11) is 0. The molecule has 2 aromatic heterocycles. The predicted octanol–water partition coefficient (Wildman–Crippen LogP) is 2.70. The van der Waals surface area contributed by atoms with Gasteiger partial charge < -0.3 is 26.2 Å². The zero-order chi connectivity index (χ0) is 25.2. The second kappa shape index (κ2) is 10.3. The lowest BCUT2D eigenvalue weighted by molar-refractivity contribution is -0.124. The van der Waals surface area contributed by atoms with Crippen molar-refractivity contribution in [3.8, 4) is 10.6 Å². The second-order valence-electron chi connectivity index (χ2n) is 8.43. The Labute approximate surface area is 202 Å². The molecule has 1 aliphatic rings. The number of para-hydroxylation sites is 1. The smallest absolute Gasteiger partial charge is 0.391 e. The van der Waals surface area contributed by atoms with Gasteiger partial charge in [0.25, 0.3) is 0 Å². The van der Waals surface area contributed by atoms with Crippen molar-refractivity contribution in [3.63, 3.8) is 0 Å². The number of nitrogens with one attached hydrogen (secondary N) is 3. The maximum Gasteiger partial charge on any atom is 0.405 e. The Morgan fingerprint density at radius 1 is 1.20 bits per heavy atom. The molecule has 0 aliphatic heterocycles. The van der Waals surface area contributed by atoms with Gasteiger partial charge in [0.2, 0.25) is 11.9 Å². The van der Waals surface area contributed by atoms with Crippen LogP contribution in [-0.4, -0.2) is 69.1 Å². The molecule has 0 bridgehead atoms. The molecule has 2 heterocycles. The zero-order valence-electron chi connectivity index (χ0n) is 18.8. The van der Waals surface area contributed by atoms with Crippen LogP contribution >= 0.6 is 11.3 Å². The summed E-state index contributed by atoms with van der Waals surface area (Å²) in [5.41, 5.74) is 1.76. The van der Waals surface area contributed by atoms with Crippen molar-refractivity contribution in [2.45, 2.75) is 38.1 Å². The van der Waals surface area contributed by atoms with Crippen LogP contribution in [0, 0.1) is 12.8 Å². The molecular formula is C22H25F3N6O3S. The molecule has 5 N–H and O–H groups in total. The first-order valence-corrected chi connectivity index (χ1v) is 11.8. The number of carbonyl (C=O) groups is 1. The number of carbonyl (C=O) groups excluding carboxylic acids is 1. The number of hydrogen-bond donors (Lipinski definition) is 5. The van der Waals surface area contributed by atoms with Gasteiger partial charge in [-0.25, -0.2) is 9.97 Å². The number of thiazole rings is 1. The molecule has 188 valence electrons. The minimum Gasteiger partial charge on any atom is -0.391 e. The largest absolute Gasteiger partial charge is 0.405 e. The van der Waals surface area contributed by atoms with E-state index in [9.17, 15) is 23.1 Å². The number of amides is 1. The molecule has 0 radical (unpaired) electrons. The Hall–Kier alpha value is -3.03. The fourth-order valence-corrected chi connectivity index (χ4v) is 5.16. The highest BCUT2D eigenvalue weighted by molar-refractivity contribution is 7.21. The number of halogens is 3. The van der Waals surface area contributed by atoms with Crippen molar-refractivity contribution < 1.29 is 28.2 Å². The second-order valence-corrected chi connectivity index (χ2v) is 9.46. The monoisotopic (exact) mass is 510 g/mol. The van der Waals surface area contributed by atoms with Gasteiger partial charge >= 0.3 is 6.18 Å². The number of anilines is 2. The Bertz CT molecular complexity index is 1170. The van der Waals surface area contributed by atoms with Crippen LogP contribution in [0.4, 0.5) is 24.9 Å². The van der Waals surface area contributed by atoms with Crippen molar-refractivity contribution in [3.05, 3.63) is 30.0 Å². The molecule has 3 aromatic rings. The van der Waals surface area contributed by atoms with E-state index in [-0.39, 0.29) is 17.7 Å². The van der Waals surface area contributed by atoms with Crippen LogP contribution in [0.3, 0.4) is 0 Å². The van der Waals surface area contributed by atoms with Gasteiger partial charge in [-0.3, -0.25) is 4.79 Å². The molecule has 3 atom stereocenters. The van der Waals surface area contributed by atoms with E-state index in [1.54, 1.807) is 6.92 Å². The minimum absolute atomic E-state index is 0.0466. The van der Waals surface area contributed by atoms with Crippen LogP contribution in [-0.2, 0) is 4.79 Å². The molecule has 1 aliphatic carbocycles. The van der Waals surface area contributed by atoms with Gasteiger partial charge in [-0.05, 0) is 37.8 Å². The SMILES string of the molecule is Cc1nc(NCC(F)(F)F)nc(NC2CC(CNC(=O)CO)CC2O)c1-c1nc2ccccc2s1. The fraction of sp³-hybridized carbons (Fsp3) is 0.455. The quantitative estimate of drug-likeness (QED) is 0.313. The van der Waals surface area contributed by atoms with E-state index in [4.69, 9.17) is 5.11 Å². The summed E-state index contributed by atoms with van der Waals surface area (Å²) in [5, 5.41) is 28.1. The van der Waals surface area contributed by atoms with Gasteiger partial charge in [0, 0.05) is 6.54 Å². The summed E-state index contributed by atoms with van der Waals surface area (Å²) in [6, 6.07) is 7.09. The lowest BCUT2D eigenvalue weighted by Crippen LogP contribution is -2.31. The van der Waals surface area contributed by atoms with Crippen molar-refractivity contribution in [2.24, 2.45) is 5.92 Å². The predicted molar refractivity (Wildman–Crippen MR) is 126 cm³/mol. The third-order valence-electron chi connectivity index (χ3n) is 5.72. The van der Waals surface area contributed by atoms with E-state index in [1.807, 2.05) is 24.3 Å². The third-order valence-corrected chi connectivity index (χ3v) is 6.78. The average molecular weight is 511 g/mol. The maximum atomic E-state index is 12.8. The lowest BCUT2D eigenvalue weighted by Gasteiger charge is -2.21. The normalized spacial score (nSPS) is 20.2. The number of aliphatic hydroxyl groups is 2. The molecule has 1 fully saturated rings. The van der Waals surface area contributed by atoms with Gasteiger partial charge in [0.1, 0.15) is 24.0 Å². The third kappa shape index (κ3) is 6.16. The highest BCUT2D eigenvalue weighted by Gasteiger charge is 2.34. The molecule has 13 heteroatoms. The fourth-order valence-electron chi connectivity index (χ4n) is 4.10. The maximum absolute atomic E-state index is 12.8. The Morgan fingerprint density at radius 2 is 1.97 bits per heavy atom. The van der Waals surface area contributed by atoms with E-state index >= 15 is 0 Å². The average Bonchev–Trinajstić information content (AvgIpc) is 3.38. The number of fused-ring (bicyclic) bond motifs is 1. The van der Waals surface area contributed by atoms with Gasteiger partial charge in [0.15, 0.2) is 0 Å². The molecule has 9 nitrogen and oxygen atoms in total. The van der Waals surface area contributed by atoms with Gasteiger partial charge in [-0.1, -0.05) is 12.1 Å². The summed E-state index contributed by atoms with van der Waals surface area (Å²) in [6.45, 7) is 0.0628.